The lowest BCUT2D eigenvalue weighted by molar-refractivity contribution is 0.373. The van der Waals surface area contributed by atoms with Crippen LogP contribution >= 0.6 is 0 Å². The number of benzene rings is 1. The number of anilines is 1. The topological polar surface area (TPSA) is 58.2 Å². The summed E-state index contributed by atoms with van der Waals surface area (Å²) in [5.74, 6) is 0.666. The highest BCUT2D eigenvalue weighted by molar-refractivity contribution is 7.89. The average molecular weight is 282 g/mol. The average Bonchev–Trinajstić information content (AvgIpc) is 2.46. The minimum absolute atomic E-state index is 0.327. The third-order valence-corrected chi connectivity index (χ3v) is 5.22. The van der Waals surface area contributed by atoms with E-state index in [-0.39, 0.29) is 0 Å². The zero-order chi connectivity index (χ0) is 13.7. The highest BCUT2D eigenvalue weighted by Gasteiger charge is 2.17. The van der Waals surface area contributed by atoms with Crippen molar-refractivity contribution in [2.75, 3.05) is 18.9 Å². The van der Waals surface area contributed by atoms with Gasteiger partial charge in [-0.3, -0.25) is 0 Å². The molecule has 1 aromatic carbocycles. The van der Waals surface area contributed by atoms with Crippen LogP contribution in [0.3, 0.4) is 0 Å². The molecule has 1 aromatic rings. The lowest BCUT2D eigenvalue weighted by atomic mass is 9.89. The summed E-state index contributed by atoms with van der Waals surface area (Å²) in [5, 5.41) is 3.30. The number of nitrogens with one attached hydrogen (secondary N) is 2. The van der Waals surface area contributed by atoms with Crippen molar-refractivity contribution < 1.29 is 8.42 Å². The van der Waals surface area contributed by atoms with Crippen LogP contribution < -0.4 is 10.0 Å². The number of para-hydroxylation sites is 1. The number of hydrogen-bond donors (Lipinski definition) is 2. The van der Waals surface area contributed by atoms with Gasteiger partial charge in [-0.05, 0) is 37.9 Å². The Morgan fingerprint density at radius 3 is 2.53 bits per heavy atom. The van der Waals surface area contributed by atoms with Gasteiger partial charge < -0.3 is 5.32 Å². The molecule has 0 aromatic heterocycles. The number of rotatable bonds is 5. The summed E-state index contributed by atoms with van der Waals surface area (Å²) in [4.78, 5) is 0.327. The molecule has 0 spiro atoms. The molecule has 0 aliphatic heterocycles. The highest BCUT2D eigenvalue weighted by atomic mass is 32.2. The molecule has 5 heteroatoms. The molecule has 1 saturated carbocycles. The summed E-state index contributed by atoms with van der Waals surface area (Å²) in [7, 11) is -1.96. The van der Waals surface area contributed by atoms with E-state index < -0.39 is 10.0 Å². The molecule has 1 aliphatic carbocycles. The molecule has 4 nitrogen and oxygen atoms in total. The van der Waals surface area contributed by atoms with Gasteiger partial charge in [0.1, 0.15) is 4.90 Å². The van der Waals surface area contributed by atoms with E-state index in [1.165, 1.54) is 39.2 Å². The molecule has 0 saturated heterocycles. The molecule has 0 amide bonds. The molecule has 0 heterocycles. The molecule has 0 radical (unpaired) electrons. The Morgan fingerprint density at radius 1 is 1.16 bits per heavy atom. The predicted octanol–water partition coefficient (Wildman–Crippen LogP) is 2.59. The van der Waals surface area contributed by atoms with Crippen LogP contribution in [0, 0.1) is 5.92 Å². The van der Waals surface area contributed by atoms with Crippen LogP contribution in [0.5, 0.6) is 0 Å². The molecule has 2 N–H and O–H groups in total. The standard InChI is InChI=1S/C14H22N2O2S/c1-15-19(17,18)14-10-6-5-9-13(14)16-11-12-7-3-2-4-8-12/h5-6,9-10,12,15-16H,2-4,7-8,11H2,1H3. The van der Waals surface area contributed by atoms with Gasteiger partial charge in [0.05, 0.1) is 5.69 Å². The fourth-order valence-electron chi connectivity index (χ4n) is 2.60. The van der Waals surface area contributed by atoms with E-state index in [1.54, 1.807) is 12.1 Å². The molecule has 0 unspecified atom stereocenters. The normalized spacial score (nSPS) is 17.3. The Morgan fingerprint density at radius 2 is 1.84 bits per heavy atom. The Balaban J connectivity index is 2.07. The highest BCUT2D eigenvalue weighted by Crippen LogP contribution is 2.26. The minimum atomic E-state index is -3.39. The summed E-state index contributed by atoms with van der Waals surface area (Å²) in [6.45, 7) is 0.857. The Labute approximate surface area is 115 Å². The Bertz CT molecular complexity index is 508. The summed E-state index contributed by atoms with van der Waals surface area (Å²) in [6.07, 6.45) is 6.41. The van der Waals surface area contributed by atoms with Gasteiger partial charge in [0, 0.05) is 6.54 Å². The van der Waals surface area contributed by atoms with Gasteiger partial charge in [0.2, 0.25) is 10.0 Å². The van der Waals surface area contributed by atoms with Crippen molar-refractivity contribution in [3.8, 4) is 0 Å². The maximum Gasteiger partial charge on any atom is 0.242 e. The van der Waals surface area contributed by atoms with E-state index in [2.05, 4.69) is 10.0 Å². The fraction of sp³-hybridized carbons (Fsp3) is 0.571. The first-order valence-corrected chi connectivity index (χ1v) is 8.38. The van der Waals surface area contributed by atoms with Crippen molar-refractivity contribution in [3.05, 3.63) is 24.3 Å². The van der Waals surface area contributed by atoms with Gasteiger partial charge in [0.15, 0.2) is 0 Å². The van der Waals surface area contributed by atoms with Crippen molar-refractivity contribution in [3.63, 3.8) is 0 Å². The van der Waals surface area contributed by atoms with Gasteiger partial charge in [-0.25, -0.2) is 13.1 Å². The number of sulfonamides is 1. The van der Waals surface area contributed by atoms with Crippen molar-refractivity contribution in [2.24, 2.45) is 5.92 Å². The molecule has 0 atom stereocenters. The van der Waals surface area contributed by atoms with Crippen LogP contribution in [-0.4, -0.2) is 22.0 Å². The third-order valence-electron chi connectivity index (χ3n) is 3.75. The first-order valence-electron chi connectivity index (χ1n) is 6.90. The maximum absolute atomic E-state index is 11.9. The molecule has 1 aliphatic rings. The Kier molecular flexibility index (Phi) is 4.82. The van der Waals surface area contributed by atoms with E-state index in [1.807, 2.05) is 12.1 Å². The van der Waals surface area contributed by atoms with Crippen molar-refractivity contribution in [1.29, 1.82) is 0 Å². The van der Waals surface area contributed by atoms with E-state index in [0.29, 0.717) is 16.5 Å². The summed E-state index contributed by atoms with van der Waals surface area (Å²) in [6, 6.07) is 7.07. The molecular formula is C14H22N2O2S. The van der Waals surface area contributed by atoms with Gasteiger partial charge in [0.25, 0.3) is 0 Å². The van der Waals surface area contributed by atoms with Crippen molar-refractivity contribution in [1.82, 2.24) is 4.72 Å². The van der Waals surface area contributed by atoms with Crippen LogP contribution in [0.1, 0.15) is 32.1 Å². The van der Waals surface area contributed by atoms with Gasteiger partial charge in [-0.1, -0.05) is 31.4 Å². The number of hydrogen-bond acceptors (Lipinski definition) is 3. The first kappa shape index (κ1) is 14.3. The molecule has 2 rings (SSSR count). The van der Waals surface area contributed by atoms with Crippen molar-refractivity contribution in [2.45, 2.75) is 37.0 Å². The minimum Gasteiger partial charge on any atom is -0.384 e. The quantitative estimate of drug-likeness (QED) is 0.872. The second kappa shape index (κ2) is 6.39. The zero-order valence-electron chi connectivity index (χ0n) is 11.4. The summed E-state index contributed by atoms with van der Waals surface area (Å²) >= 11 is 0. The summed E-state index contributed by atoms with van der Waals surface area (Å²) in [5.41, 5.74) is 0.697. The molecule has 19 heavy (non-hydrogen) atoms. The monoisotopic (exact) mass is 282 g/mol. The fourth-order valence-corrected chi connectivity index (χ4v) is 3.51. The predicted molar refractivity (Wildman–Crippen MR) is 77.8 cm³/mol. The molecule has 0 bridgehead atoms. The van der Waals surface area contributed by atoms with E-state index in [4.69, 9.17) is 0 Å². The first-order chi connectivity index (χ1) is 9.13. The summed E-state index contributed by atoms with van der Waals surface area (Å²) < 4.78 is 26.2. The smallest absolute Gasteiger partial charge is 0.242 e. The lowest BCUT2D eigenvalue weighted by Gasteiger charge is -2.23. The van der Waals surface area contributed by atoms with Gasteiger partial charge in [-0.15, -0.1) is 0 Å². The van der Waals surface area contributed by atoms with Crippen LogP contribution in [-0.2, 0) is 10.0 Å². The second-order valence-corrected chi connectivity index (χ2v) is 6.94. The molecular weight excluding hydrogens is 260 g/mol. The van der Waals surface area contributed by atoms with E-state index in [9.17, 15) is 8.42 Å². The van der Waals surface area contributed by atoms with Crippen LogP contribution in [0.2, 0.25) is 0 Å². The maximum atomic E-state index is 11.9. The van der Waals surface area contributed by atoms with Crippen LogP contribution in [0.4, 0.5) is 5.69 Å². The van der Waals surface area contributed by atoms with Crippen LogP contribution in [0.15, 0.2) is 29.2 Å². The van der Waals surface area contributed by atoms with E-state index in [0.717, 1.165) is 6.54 Å². The second-order valence-electron chi connectivity index (χ2n) is 5.09. The van der Waals surface area contributed by atoms with E-state index >= 15 is 0 Å². The molecule has 1 fully saturated rings. The van der Waals surface area contributed by atoms with Crippen LogP contribution in [0.25, 0.3) is 0 Å². The molecule has 106 valence electrons. The zero-order valence-corrected chi connectivity index (χ0v) is 12.2. The van der Waals surface area contributed by atoms with Gasteiger partial charge in [-0.2, -0.15) is 0 Å². The van der Waals surface area contributed by atoms with Gasteiger partial charge >= 0.3 is 0 Å². The lowest BCUT2D eigenvalue weighted by Crippen LogP contribution is -2.22. The van der Waals surface area contributed by atoms with Crippen molar-refractivity contribution >= 4 is 15.7 Å². The Hall–Kier alpha value is -1.07. The SMILES string of the molecule is CNS(=O)(=O)c1ccccc1NCC1CCCCC1. The largest absolute Gasteiger partial charge is 0.384 e. The third kappa shape index (κ3) is 3.70.